The summed E-state index contributed by atoms with van der Waals surface area (Å²) in [6.07, 6.45) is 3.99. The van der Waals surface area contributed by atoms with Gasteiger partial charge in [-0.2, -0.15) is 0 Å². The van der Waals surface area contributed by atoms with Gasteiger partial charge in [0.15, 0.2) is 8.57 Å². The summed E-state index contributed by atoms with van der Waals surface area (Å²) < 4.78 is 9.49. The molecule has 260 valence electrons. The van der Waals surface area contributed by atoms with Gasteiger partial charge in [0, 0.05) is 39.9 Å². The van der Waals surface area contributed by atoms with Crippen LogP contribution in [0.4, 0.5) is 5.69 Å². The lowest BCUT2D eigenvalue weighted by atomic mass is 9.91. The van der Waals surface area contributed by atoms with Crippen LogP contribution in [-0.4, -0.2) is 47.3 Å². The van der Waals surface area contributed by atoms with Crippen LogP contribution in [0.2, 0.25) is 13.1 Å². The van der Waals surface area contributed by atoms with Gasteiger partial charge < -0.3 is 4.57 Å². The SMILES string of the molecule is CC(C)c1cccc(C(C)C)c1N1C2=C(C3CCC2C3)P2(=C(c3ccccc3)/[Si]1=C/c1ccccc1)N(C(C)(C)C)[Si](C)(C)N2C(C)(C)C. The molecule has 1 saturated carbocycles. The number of para-hydroxylation sites is 1. The number of hydrogen-bond donors (Lipinski definition) is 0. The summed E-state index contributed by atoms with van der Waals surface area (Å²) in [7, 11) is -5.71. The van der Waals surface area contributed by atoms with Gasteiger partial charge in [-0.3, -0.25) is 8.67 Å². The van der Waals surface area contributed by atoms with Crippen molar-refractivity contribution in [3.63, 3.8) is 0 Å². The molecule has 1 saturated heterocycles. The number of fused-ring (bicyclic) bond motifs is 5. The van der Waals surface area contributed by atoms with Gasteiger partial charge in [-0.25, -0.2) is 0 Å². The fourth-order valence-electron chi connectivity index (χ4n) is 10.7. The summed E-state index contributed by atoms with van der Waals surface area (Å²) in [6, 6.07) is 30.4. The lowest BCUT2D eigenvalue weighted by Gasteiger charge is -2.76. The van der Waals surface area contributed by atoms with Gasteiger partial charge in [0.05, 0.1) is 0 Å². The van der Waals surface area contributed by atoms with Gasteiger partial charge in [0.25, 0.3) is 0 Å². The van der Waals surface area contributed by atoms with Crippen LogP contribution in [0.5, 0.6) is 0 Å². The first-order valence-corrected chi connectivity index (χ1v) is 25.0. The second-order valence-corrected chi connectivity index (χ2v) is 28.1. The molecular formula is C43H60N3PSi2. The zero-order chi connectivity index (χ0) is 35.3. The van der Waals surface area contributed by atoms with Crippen molar-refractivity contribution in [1.82, 2.24) is 8.67 Å². The molecule has 49 heavy (non-hydrogen) atoms. The van der Waals surface area contributed by atoms with Crippen LogP contribution in [0.1, 0.15) is 123 Å². The zero-order valence-corrected chi connectivity index (χ0v) is 35.2. The lowest BCUT2D eigenvalue weighted by Crippen LogP contribution is -2.80. The molecule has 3 aromatic carbocycles. The molecular weight excluding hydrogens is 646 g/mol. The number of hydrogen-bond acceptors (Lipinski definition) is 3. The van der Waals surface area contributed by atoms with E-state index in [9.17, 15) is 0 Å². The second kappa shape index (κ2) is 12.2. The highest BCUT2D eigenvalue weighted by Gasteiger charge is 2.71. The molecule has 2 unspecified atom stereocenters. The molecule has 2 bridgehead atoms. The Bertz CT molecular complexity index is 1820. The molecule has 6 heteroatoms. The van der Waals surface area contributed by atoms with E-state index in [-0.39, 0.29) is 11.1 Å². The number of anilines is 1. The summed E-state index contributed by atoms with van der Waals surface area (Å²) in [6.45, 7) is 30.2. The van der Waals surface area contributed by atoms with Crippen LogP contribution in [0.3, 0.4) is 0 Å². The minimum Gasteiger partial charge on any atom is -0.346 e. The Hall–Kier alpha value is -2.28. The minimum atomic E-state index is -2.16. The third-order valence-corrected chi connectivity index (χ3v) is 28.0. The van der Waals surface area contributed by atoms with Crippen molar-refractivity contribution < 1.29 is 0 Å². The monoisotopic (exact) mass is 705 g/mol. The van der Waals surface area contributed by atoms with Crippen molar-refractivity contribution in [1.29, 1.82) is 0 Å². The van der Waals surface area contributed by atoms with E-state index in [0.717, 1.165) is 0 Å². The van der Waals surface area contributed by atoms with Crippen molar-refractivity contribution in [3.8, 4) is 0 Å². The van der Waals surface area contributed by atoms with Gasteiger partial charge in [0.1, 0.15) is 0 Å². The molecule has 2 heterocycles. The molecule has 2 aliphatic heterocycles. The quantitative estimate of drug-likeness (QED) is 0.193. The van der Waals surface area contributed by atoms with Crippen LogP contribution >= 0.6 is 7.19 Å². The van der Waals surface area contributed by atoms with Gasteiger partial charge >= 0.3 is 0 Å². The number of nitrogens with zero attached hydrogens (tertiary/aromatic N) is 3. The van der Waals surface area contributed by atoms with Crippen molar-refractivity contribution in [2.75, 3.05) is 4.57 Å². The number of benzene rings is 3. The summed E-state index contributed by atoms with van der Waals surface area (Å²) in [5.74, 6) is 2.17. The molecule has 3 aromatic rings. The third kappa shape index (κ3) is 5.28. The Kier molecular flexibility index (Phi) is 8.72. The fraction of sp³-hybridized carbons (Fsp3) is 0.488. The molecule has 7 rings (SSSR count). The summed E-state index contributed by atoms with van der Waals surface area (Å²) in [4.78, 5) is 1.76. The average molecular weight is 706 g/mol. The highest BCUT2D eigenvalue weighted by molar-refractivity contribution is 7.86. The van der Waals surface area contributed by atoms with E-state index in [2.05, 4.69) is 180 Å². The first-order valence-electron chi connectivity index (χ1n) is 18.9. The van der Waals surface area contributed by atoms with Crippen LogP contribution in [0.15, 0.2) is 89.9 Å². The highest BCUT2D eigenvalue weighted by atomic mass is 31.2. The maximum absolute atomic E-state index is 3.22. The van der Waals surface area contributed by atoms with Crippen molar-refractivity contribution >= 4 is 40.4 Å². The van der Waals surface area contributed by atoms with Gasteiger partial charge in [-0.15, -0.1) is 0 Å². The first kappa shape index (κ1) is 35.1. The van der Waals surface area contributed by atoms with E-state index in [1.807, 2.05) is 5.31 Å². The molecule has 2 fully saturated rings. The summed E-state index contributed by atoms with van der Waals surface area (Å²) >= 11 is 0. The Morgan fingerprint density at radius 3 is 1.73 bits per heavy atom. The van der Waals surface area contributed by atoms with Crippen molar-refractivity contribution in [2.24, 2.45) is 11.8 Å². The maximum atomic E-state index is 3.22. The first-order chi connectivity index (χ1) is 23.0. The highest BCUT2D eigenvalue weighted by Crippen LogP contribution is 2.83. The van der Waals surface area contributed by atoms with Crippen molar-refractivity contribution in [3.05, 3.63) is 112 Å². The van der Waals surface area contributed by atoms with E-state index >= 15 is 0 Å². The zero-order valence-electron chi connectivity index (χ0n) is 32.3. The standard InChI is InChI=1S/C43H60N3PSi2/c1-30(2)36-24-19-25-37(31(3)4)39(36)44-38-34-26-27-35(28-34)40(38)47(45(42(5,6)7)49(11,12)46(47)43(8,9)10)41(33-22-17-14-18-23-33)48(44)29-32-20-15-13-16-21-32/h13-25,29-31,34-35H,26-28H2,1-12H3/b48-29-. The Balaban J connectivity index is 1.76. The van der Waals surface area contributed by atoms with E-state index in [1.54, 1.807) is 10.6 Å². The predicted octanol–water partition coefficient (Wildman–Crippen LogP) is 11.3. The van der Waals surface area contributed by atoms with Crippen LogP contribution in [0.25, 0.3) is 0 Å². The normalized spacial score (nSPS) is 24.5. The maximum Gasteiger partial charge on any atom is 0.210 e. The Morgan fingerprint density at radius 1 is 0.714 bits per heavy atom. The Morgan fingerprint density at radius 2 is 1.22 bits per heavy atom. The van der Waals surface area contributed by atoms with Gasteiger partial charge in [-0.05, 0) is 125 Å². The number of rotatable bonds is 5. The fourth-order valence-corrected chi connectivity index (χ4v) is 32.3. The minimum absolute atomic E-state index is 0.0477. The topological polar surface area (TPSA) is 9.72 Å². The summed E-state index contributed by atoms with van der Waals surface area (Å²) in [5.41, 5.74) is 12.0. The smallest absolute Gasteiger partial charge is 0.210 e. The predicted molar refractivity (Wildman–Crippen MR) is 220 cm³/mol. The second-order valence-electron chi connectivity index (χ2n) is 18.1. The van der Waals surface area contributed by atoms with E-state index in [0.29, 0.717) is 23.7 Å². The molecule has 2 atom stereocenters. The van der Waals surface area contributed by atoms with E-state index < -0.39 is 24.2 Å². The van der Waals surface area contributed by atoms with Crippen molar-refractivity contribution in [2.45, 2.75) is 125 Å². The lowest BCUT2D eigenvalue weighted by molar-refractivity contribution is 0.237. The largest absolute Gasteiger partial charge is 0.346 e. The molecule has 0 radical (unpaired) electrons. The molecule has 0 amide bonds. The van der Waals surface area contributed by atoms with Gasteiger partial charge in [-0.1, -0.05) is 107 Å². The molecule has 1 spiro atoms. The molecule has 4 aliphatic rings. The molecule has 3 nitrogen and oxygen atoms in total. The van der Waals surface area contributed by atoms with Crippen LogP contribution < -0.4 is 4.57 Å². The average Bonchev–Trinajstić information content (AvgIpc) is 3.63. The molecule has 0 N–H and O–H groups in total. The third-order valence-electron chi connectivity index (χ3n) is 11.4. The van der Waals surface area contributed by atoms with Crippen LogP contribution in [0, 0.1) is 11.8 Å². The molecule has 0 aromatic heterocycles. The molecule has 2 aliphatic carbocycles. The van der Waals surface area contributed by atoms with E-state index in [1.165, 1.54) is 47.2 Å². The van der Waals surface area contributed by atoms with Gasteiger partial charge in [0.2, 0.25) is 8.40 Å². The summed E-state index contributed by atoms with van der Waals surface area (Å²) in [5, 5.41) is 1.86. The van der Waals surface area contributed by atoms with Crippen LogP contribution in [-0.2, 0) is 0 Å². The van der Waals surface area contributed by atoms with E-state index in [4.69, 9.17) is 0 Å². The Labute approximate surface area is 301 Å². The number of allylic oxidation sites excluding steroid dienone is 2.